The van der Waals surface area contributed by atoms with Crippen molar-refractivity contribution in [3.63, 3.8) is 0 Å². The number of nitrogens with zero attached hydrogens (tertiary/aromatic N) is 2. The largest absolute Gasteiger partial charge is 0.455 e. The number of rotatable bonds is 7. The maximum Gasteiger partial charge on any atom is 0.437 e. The molecule has 0 aliphatic heterocycles. The van der Waals surface area contributed by atoms with Crippen LogP contribution in [0.4, 0.5) is 5.69 Å². The van der Waals surface area contributed by atoms with E-state index in [1.54, 1.807) is 12.1 Å². The van der Waals surface area contributed by atoms with Crippen LogP contribution in [0.25, 0.3) is 10.8 Å². The minimum atomic E-state index is -0.589. The van der Waals surface area contributed by atoms with Crippen molar-refractivity contribution in [3.05, 3.63) is 82.2 Å². The normalized spacial score (nSPS) is 10.7. The summed E-state index contributed by atoms with van der Waals surface area (Å²) in [6.45, 7) is 2.11. The molecule has 0 fully saturated rings. The second-order valence-electron chi connectivity index (χ2n) is 6.58. The molecule has 0 saturated heterocycles. The van der Waals surface area contributed by atoms with E-state index in [1.807, 2.05) is 60.8 Å². The van der Waals surface area contributed by atoms with Crippen molar-refractivity contribution in [2.45, 2.75) is 19.9 Å². The number of anilines is 1. The van der Waals surface area contributed by atoms with Gasteiger partial charge in [0.2, 0.25) is 5.91 Å². The number of carbonyl (C=O) groups excluding carboxylic acids is 1. The molecule has 0 bridgehead atoms. The minimum Gasteiger partial charge on any atom is -0.455 e. The predicted octanol–water partition coefficient (Wildman–Crippen LogP) is 4.69. The fourth-order valence-corrected chi connectivity index (χ4v) is 3.40. The van der Waals surface area contributed by atoms with E-state index in [0.717, 1.165) is 15.1 Å². The summed E-state index contributed by atoms with van der Waals surface area (Å²) in [5.41, 5.74) is 1.68. The summed E-state index contributed by atoms with van der Waals surface area (Å²) in [6, 6.07) is 18.5. The fourth-order valence-electron chi connectivity index (χ4n) is 2.76. The Labute approximate surface area is 176 Å². The van der Waals surface area contributed by atoms with Crippen molar-refractivity contribution < 1.29 is 13.9 Å². The number of ether oxygens (including phenoxy) is 1. The standard InChI is InChI=1S/C22H19N3O4S/c1-15-8-10-16(11-9-15)28-18-6-3-2-5-17(18)23-20(26)12-13-25-22(27)29-21(24-25)19-7-4-14-30-19/h2-11,14H,12-13H2,1H3,(H,23,26). The van der Waals surface area contributed by atoms with Gasteiger partial charge in [-0.2, -0.15) is 4.68 Å². The first-order chi connectivity index (χ1) is 14.6. The lowest BCUT2D eigenvalue weighted by molar-refractivity contribution is -0.116. The molecular weight excluding hydrogens is 402 g/mol. The van der Waals surface area contributed by atoms with Crippen LogP contribution >= 0.6 is 11.3 Å². The number of thiophene rings is 1. The van der Waals surface area contributed by atoms with Crippen LogP contribution in [0.5, 0.6) is 11.5 Å². The molecule has 0 aliphatic rings. The van der Waals surface area contributed by atoms with E-state index in [1.165, 1.54) is 11.3 Å². The molecule has 0 aliphatic carbocycles. The van der Waals surface area contributed by atoms with E-state index >= 15 is 0 Å². The van der Waals surface area contributed by atoms with Crippen LogP contribution in [-0.2, 0) is 11.3 Å². The van der Waals surface area contributed by atoms with Crippen LogP contribution in [0.15, 0.2) is 75.3 Å². The molecule has 1 amide bonds. The maximum absolute atomic E-state index is 12.4. The summed E-state index contributed by atoms with van der Waals surface area (Å²) >= 11 is 1.43. The monoisotopic (exact) mass is 421 g/mol. The van der Waals surface area contributed by atoms with Crippen LogP contribution < -0.4 is 15.8 Å². The molecule has 7 nitrogen and oxygen atoms in total. The quantitative estimate of drug-likeness (QED) is 0.468. The molecule has 0 atom stereocenters. The Morgan fingerprint density at radius 2 is 1.93 bits per heavy atom. The van der Waals surface area contributed by atoms with Crippen LogP contribution in [-0.4, -0.2) is 15.7 Å². The van der Waals surface area contributed by atoms with E-state index in [0.29, 0.717) is 17.2 Å². The molecule has 4 rings (SSSR count). The van der Waals surface area contributed by atoms with E-state index in [2.05, 4.69) is 10.4 Å². The zero-order chi connectivity index (χ0) is 20.9. The van der Waals surface area contributed by atoms with Gasteiger partial charge in [-0.1, -0.05) is 35.9 Å². The van der Waals surface area contributed by atoms with Crippen molar-refractivity contribution in [2.75, 3.05) is 5.32 Å². The molecule has 8 heteroatoms. The highest BCUT2D eigenvalue weighted by atomic mass is 32.1. The number of nitrogens with one attached hydrogen (secondary N) is 1. The summed E-state index contributed by atoms with van der Waals surface area (Å²) < 4.78 is 12.2. The van der Waals surface area contributed by atoms with Crippen LogP contribution in [0.1, 0.15) is 12.0 Å². The number of carbonyl (C=O) groups is 1. The van der Waals surface area contributed by atoms with E-state index in [9.17, 15) is 9.59 Å². The van der Waals surface area contributed by atoms with Crippen molar-refractivity contribution in [2.24, 2.45) is 0 Å². The van der Waals surface area contributed by atoms with Crippen molar-refractivity contribution >= 4 is 22.9 Å². The molecule has 2 aromatic carbocycles. The molecule has 0 spiro atoms. The van der Waals surface area contributed by atoms with Crippen molar-refractivity contribution in [3.8, 4) is 22.3 Å². The molecule has 0 radical (unpaired) electrons. The second kappa shape index (κ2) is 8.79. The lowest BCUT2D eigenvalue weighted by Gasteiger charge is -2.12. The van der Waals surface area contributed by atoms with Gasteiger partial charge in [-0.05, 0) is 42.6 Å². The predicted molar refractivity (Wildman–Crippen MR) is 115 cm³/mol. The molecule has 152 valence electrons. The van der Waals surface area contributed by atoms with Gasteiger partial charge in [-0.15, -0.1) is 16.4 Å². The van der Waals surface area contributed by atoms with Crippen LogP contribution in [0.2, 0.25) is 0 Å². The fraction of sp³-hybridized carbons (Fsp3) is 0.136. The second-order valence-corrected chi connectivity index (χ2v) is 7.53. The summed E-state index contributed by atoms with van der Waals surface area (Å²) in [4.78, 5) is 25.2. The number of hydrogen-bond acceptors (Lipinski definition) is 6. The third-order valence-electron chi connectivity index (χ3n) is 4.30. The van der Waals surface area contributed by atoms with Gasteiger partial charge in [0.15, 0.2) is 5.75 Å². The highest BCUT2D eigenvalue weighted by Gasteiger charge is 2.13. The summed E-state index contributed by atoms with van der Waals surface area (Å²) in [6.07, 6.45) is 0.0647. The van der Waals surface area contributed by atoms with Gasteiger partial charge >= 0.3 is 5.76 Å². The Morgan fingerprint density at radius 1 is 1.13 bits per heavy atom. The van der Waals surface area contributed by atoms with Gasteiger partial charge < -0.3 is 14.5 Å². The lowest BCUT2D eigenvalue weighted by Crippen LogP contribution is -2.21. The highest BCUT2D eigenvalue weighted by Crippen LogP contribution is 2.29. The van der Waals surface area contributed by atoms with Gasteiger partial charge in [0, 0.05) is 6.42 Å². The van der Waals surface area contributed by atoms with Gasteiger partial charge in [-0.3, -0.25) is 4.79 Å². The first-order valence-electron chi connectivity index (χ1n) is 9.34. The molecule has 0 saturated carbocycles. The molecule has 1 N–H and O–H groups in total. The Hall–Kier alpha value is -3.65. The Balaban J connectivity index is 1.40. The molecule has 2 aromatic heterocycles. The van der Waals surface area contributed by atoms with Gasteiger partial charge in [0.05, 0.1) is 17.1 Å². The number of para-hydroxylation sites is 2. The third-order valence-corrected chi connectivity index (χ3v) is 5.16. The average Bonchev–Trinajstić information content (AvgIpc) is 3.39. The number of hydrogen-bond donors (Lipinski definition) is 1. The smallest absolute Gasteiger partial charge is 0.437 e. The first kappa shape index (κ1) is 19.7. The average molecular weight is 421 g/mol. The van der Waals surface area contributed by atoms with Gasteiger partial charge in [0.25, 0.3) is 5.89 Å². The first-order valence-corrected chi connectivity index (χ1v) is 10.2. The number of aryl methyl sites for hydroxylation is 2. The SMILES string of the molecule is Cc1ccc(Oc2ccccc2NC(=O)CCn2nc(-c3cccs3)oc2=O)cc1. The molecular formula is C22H19N3O4S. The number of aromatic nitrogens is 2. The van der Waals surface area contributed by atoms with E-state index in [-0.39, 0.29) is 24.8 Å². The van der Waals surface area contributed by atoms with Crippen molar-refractivity contribution in [1.82, 2.24) is 9.78 Å². The molecule has 0 unspecified atom stereocenters. The highest BCUT2D eigenvalue weighted by molar-refractivity contribution is 7.13. The van der Waals surface area contributed by atoms with E-state index in [4.69, 9.17) is 9.15 Å². The summed E-state index contributed by atoms with van der Waals surface area (Å²) in [5.74, 6) is 0.620. The van der Waals surface area contributed by atoms with Gasteiger partial charge in [0.1, 0.15) is 5.75 Å². The summed E-state index contributed by atoms with van der Waals surface area (Å²) in [7, 11) is 0. The van der Waals surface area contributed by atoms with Gasteiger partial charge in [-0.25, -0.2) is 4.79 Å². The maximum atomic E-state index is 12.4. The summed E-state index contributed by atoms with van der Waals surface area (Å²) in [5, 5.41) is 8.86. The Morgan fingerprint density at radius 3 is 2.70 bits per heavy atom. The third kappa shape index (κ3) is 4.66. The topological polar surface area (TPSA) is 86.4 Å². The van der Waals surface area contributed by atoms with E-state index < -0.39 is 5.76 Å². The zero-order valence-corrected chi connectivity index (χ0v) is 17.0. The molecule has 4 aromatic rings. The number of benzene rings is 2. The zero-order valence-electron chi connectivity index (χ0n) is 16.2. The Kier molecular flexibility index (Phi) is 5.76. The minimum absolute atomic E-state index is 0.0647. The Bertz CT molecular complexity index is 1190. The van der Waals surface area contributed by atoms with Crippen LogP contribution in [0, 0.1) is 6.92 Å². The lowest BCUT2D eigenvalue weighted by atomic mass is 10.2. The molecule has 2 heterocycles. The van der Waals surface area contributed by atoms with Crippen LogP contribution in [0.3, 0.4) is 0 Å². The number of amides is 1. The van der Waals surface area contributed by atoms with Crippen molar-refractivity contribution in [1.29, 1.82) is 0 Å². The molecule has 30 heavy (non-hydrogen) atoms.